The molecule has 0 spiro atoms. The normalized spacial score (nSPS) is 26.1. The summed E-state index contributed by atoms with van der Waals surface area (Å²) in [5, 5.41) is 25.4. The molecular formula is C25H34BrN5O3. The van der Waals surface area contributed by atoms with E-state index >= 15 is 0 Å². The zero-order chi connectivity index (χ0) is 24.1. The first kappa shape index (κ1) is 25.0. The summed E-state index contributed by atoms with van der Waals surface area (Å²) in [6.45, 7) is 3.39. The number of hydrogen-bond acceptors (Lipinski definition) is 7. The van der Waals surface area contributed by atoms with Crippen LogP contribution in [0.3, 0.4) is 0 Å². The number of nitrogens with one attached hydrogen (secondary N) is 2. The number of halogens is 1. The summed E-state index contributed by atoms with van der Waals surface area (Å²) in [6.07, 6.45) is 12.7. The van der Waals surface area contributed by atoms with E-state index in [-0.39, 0.29) is 6.10 Å². The van der Waals surface area contributed by atoms with E-state index < -0.39 is 0 Å². The number of aliphatic hydroxyl groups is 1. The number of fused-ring (bicyclic) bond motifs is 3. The number of likely N-dealkylation sites (tertiary alicyclic amines) is 1. The molecule has 184 valence electrons. The van der Waals surface area contributed by atoms with Crippen LogP contribution in [-0.4, -0.2) is 58.7 Å². The summed E-state index contributed by atoms with van der Waals surface area (Å²) in [6, 6.07) is 6.04. The van der Waals surface area contributed by atoms with Gasteiger partial charge in [-0.05, 0) is 54.0 Å². The van der Waals surface area contributed by atoms with Crippen LogP contribution in [0.2, 0.25) is 0 Å². The Morgan fingerprint density at radius 3 is 2.56 bits per heavy atom. The molecule has 9 heteroatoms. The Labute approximate surface area is 209 Å². The number of rotatable bonds is 3. The molecule has 2 aromatic heterocycles. The third-order valence-electron chi connectivity index (χ3n) is 7.23. The van der Waals surface area contributed by atoms with Gasteiger partial charge in [-0.1, -0.05) is 26.2 Å². The number of pyridine rings is 1. The van der Waals surface area contributed by atoms with Gasteiger partial charge in [0, 0.05) is 42.7 Å². The highest BCUT2D eigenvalue weighted by atomic mass is 79.9. The Morgan fingerprint density at radius 1 is 1.29 bits per heavy atom. The lowest BCUT2D eigenvalue weighted by Gasteiger charge is -2.31. The molecule has 8 nitrogen and oxygen atoms in total. The van der Waals surface area contributed by atoms with Crippen LogP contribution >= 0.6 is 15.9 Å². The van der Waals surface area contributed by atoms with Crippen LogP contribution in [0.15, 0.2) is 21.2 Å². The molecule has 4 fully saturated rings. The monoisotopic (exact) mass is 531 g/mol. The lowest BCUT2D eigenvalue weighted by atomic mass is 9.91. The summed E-state index contributed by atoms with van der Waals surface area (Å²) < 4.78 is 6.24. The van der Waals surface area contributed by atoms with Gasteiger partial charge in [0.2, 0.25) is 12.2 Å². The van der Waals surface area contributed by atoms with Crippen molar-refractivity contribution in [3.63, 3.8) is 0 Å². The largest absolute Gasteiger partial charge is 0.444 e. The number of nitrogens with zero attached hydrogens (tertiary/aromatic N) is 3. The first-order valence-corrected chi connectivity index (χ1v) is 13.1. The number of hydrogen-bond donors (Lipinski definition) is 3. The molecule has 2 bridgehead atoms. The fourth-order valence-corrected chi connectivity index (χ4v) is 5.77. The molecule has 3 aliphatic heterocycles. The van der Waals surface area contributed by atoms with Crippen LogP contribution in [0.1, 0.15) is 64.1 Å². The Hall–Kier alpha value is -2.15. The molecule has 3 atom stereocenters. The molecule has 34 heavy (non-hydrogen) atoms. The van der Waals surface area contributed by atoms with Crippen molar-refractivity contribution in [3.05, 3.63) is 22.5 Å². The highest BCUT2D eigenvalue weighted by Crippen LogP contribution is 2.33. The standard InChI is InChI=1S/C14H14BrN3O.C7H13N.C4H7NO2/c15-13-11-6-10(7-16)19-12(11)8-17-14(13)18-9-4-2-1-3-5-9;1-5-4-6-2-3-7(5)8-6;6-3-5-1-4(7)2-5/h6,8-9H,1-5H2,(H,17,18);5-8H,2-4H2,1H3;3-4,7H,1-2H2. The summed E-state index contributed by atoms with van der Waals surface area (Å²) >= 11 is 3.56. The topological polar surface area (TPSA) is 114 Å². The molecule has 3 unspecified atom stereocenters. The predicted octanol–water partition coefficient (Wildman–Crippen LogP) is 4.17. The second-order valence-electron chi connectivity index (χ2n) is 9.87. The minimum atomic E-state index is -0.259. The summed E-state index contributed by atoms with van der Waals surface area (Å²) in [5.74, 6) is 2.12. The molecule has 1 aliphatic carbocycles. The molecule has 1 amide bonds. The van der Waals surface area contributed by atoms with E-state index in [1.54, 1.807) is 12.3 Å². The van der Waals surface area contributed by atoms with E-state index in [4.69, 9.17) is 14.8 Å². The molecule has 4 aliphatic rings. The maximum atomic E-state index is 9.75. The molecule has 6 rings (SSSR count). The van der Waals surface area contributed by atoms with Crippen molar-refractivity contribution in [3.8, 4) is 6.07 Å². The number of carbonyl (C=O) groups is 1. The number of β-amino-alcohol motifs (C(OH)–C–C–N with tert-alkyl or cyclic N) is 1. The third-order valence-corrected chi connectivity index (χ3v) is 8.03. The van der Waals surface area contributed by atoms with Gasteiger partial charge in [0.05, 0.1) is 16.8 Å². The molecule has 5 heterocycles. The summed E-state index contributed by atoms with van der Waals surface area (Å²) in [7, 11) is 0. The van der Waals surface area contributed by atoms with Crippen LogP contribution in [0.4, 0.5) is 5.82 Å². The van der Waals surface area contributed by atoms with Crippen LogP contribution in [0, 0.1) is 17.2 Å². The van der Waals surface area contributed by atoms with Gasteiger partial charge in [-0.2, -0.15) is 5.26 Å². The quantitative estimate of drug-likeness (QED) is 0.509. The molecular weight excluding hydrogens is 498 g/mol. The van der Waals surface area contributed by atoms with Gasteiger partial charge in [0.25, 0.3) is 0 Å². The minimum absolute atomic E-state index is 0.259. The number of nitriles is 1. The molecule has 0 radical (unpaired) electrons. The summed E-state index contributed by atoms with van der Waals surface area (Å²) in [5.41, 5.74) is 0.637. The van der Waals surface area contributed by atoms with E-state index in [0.29, 0.717) is 30.5 Å². The van der Waals surface area contributed by atoms with E-state index in [0.717, 1.165) is 40.1 Å². The number of carbonyl (C=O) groups excluding carboxylic acids is 1. The third kappa shape index (κ3) is 6.09. The van der Waals surface area contributed by atoms with Gasteiger partial charge in [0.1, 0.15) is 11.9 Å². The van der Waals surface area contributed by atoms with Crippen molar-refractivity contribution in [1.29, 1.82) is 5.26 Å². The fraction of sp³-hybridized carbons (Fsp3) is 0.640. The smallest absolute Gasteiger partial charge is 0.209 e. The molecule has 2 aromatic rings. The summed E-state index contributed by atoms with van der Waals surface area (Å²) in [4.78, 5) is 15.7. The Bertz CT molecular complexity index is 1010. The van der Waals surface area contributed by atoms with Crippen LogP contribution in [-0.2, 0) is 4.79 Å². The van der Waals surface area contributed by atoms with Crippen molar-refractivity contribution in [2.45, 2.75) is 82.5 Å². The zero-order valence-corrected chi connectivity index (χ0v) is 21.3. The molecule has 3 N–H and O–H groups in total. The van der Waals surface area contributed by atoms with Gasteiger partial charge in [0.15, 0.2) is 5.58 Å². The van der Waals surface area contributed by atoms with Crippen molar-refractivity contribution >= 4 is 39.1 Å². The maximum Gasteiger partial charge on any atom is 0.209 e. The van der Waals surface area contributed by atoms with Gasteiger partial charge in [-0.25, -0.2) is 4.98 Å². The number of furan rings is 1. The fourth-order valence-electron chi connectivity index (χ4n) is 5.25. The average molecular weight is 532 g/mol. The minimum Gasteiger partial charge on any atom is -0.444 e. The number of aromatic nitrogens is 1. The average Bonchev–Trinajstić information content (AvgIpc) is 3.56. The number of anilines is 1. The highest BCUT2D eigenvalue weighted by Gasteiger charge is 2.35. The SMILES string of the molecule is CC1CC2CCC1N2.N#Cc1cc2c(Br)c(NC3CCCCC3)ncc2o1.O=CN1CC(O)C1. The van der Waals surface area contributed by atoms with Crippen LogP contribution < -0.4 is 10.6 Å². The predicted molar refractivity (Wildman–Crippen MR) is 134 cm³/mol. The first-order chi connectivity index (χ1) is 16.5. The first-order valence-electron chi connectivity index (χ1n) is 12.3. The van der Waals surface area contributed by atoms with Gasteiger partial charge in [-0.15, -0.1) is 0 Å². The Kier molecular flexibility index (Phi) is 8.46. The van der Waals surface area contributed by atoms with Crippen molar-refractivity contribution in [1.82, 2.24) is 15.2 Å². The van der Waals surface area contributed by atoms with Gasteiger partial charge in [-0.3, -0.25) is 4.79 Å². The molecule has 1 saturated carbocycles. The number of aliphatic hydroxyl groups excluding tert-OH is 1. The van der Waals surface area contributed by atoms with E-state index in [2.05, 4.69) is 38.5 Å². The lowest BCUT2D eigenvalue weighted by Crippen LogP contribution is -2.49. The van der Waals surface area contributed by atoms with Gasteiger partial charge >= 0.3 is 0 Å². The van der Waals surface area contributed by atoms with Gasteiger partial charge < -0.3 is 25.1 Å². The maximum absolute atomic E-state index is 9.75. The van der Waals surface area contributed by atoms with Crippen molar-refractivity contribution in [2.75, 3.05) is 18.4 Å². The molecule has 3 saturated heterocycles. The van der Waals surface area contributed by atoms with Crippen LogP contribution in [0.5, 0.6) is 0 Å². The van der Waals surface area contributed by atoms with Crippen LogP contribution in [0.25, 0.3) is 11.0 Å². The van der Waals surface area contributed by atoms with E-state index in [9.17, 15) is 4.79 Å². The Morgan fingerprint density at radius 2 is 2.06 bits per heavy atom. The number of amides is 1. The molecule has 0 aromatic carbocycles. The highest BCUT2D eigenvalue weighted by molar-refractivity contribution is 9.10. The lowest BCUT2D eigenvalue weighted by molar-refractivity contribution is -0.127. The Balaban J connectivity index is 0.000000148. The second-order valence-corrected chi connectivity index (χ2v) is 10.7. The van der Waals surface area contributed by atoms with E-state index in [1.807, 2.05) is 6.07 Å². The second kappa shape index (κ2) is 11.5. The van der Waals surface area contributed by atoms with Crippen molar-refractivity contribution in [2.24, 2.45) is 5.92 Å². The van der Waals surface area contributed by atoms with E-state index in [1.165, 1.54) is 56.3 Å². The zero-order valence-electron chi connectivity index (χ0n) is 19.7. The van der Waals surface area contributed by atoms with Crippen molar-refractivity contribution < 1.29 is 14.3 Å².